The van der Waals surface area contributed by atoms with E-state index < -0.39 is 18.9 Å². The minimum atomic E-state index is -4.33. The average Bonchev–Trinajstić information content (AvgIpc) is 2.66. The van der Waals surface area contributed by atoms with Crippen LogP contribution >= 0.6 is 0 Å². The van der Waals surface area contributed by atoms with Crippen molar-refractivity contribution in [2.24, 2.45) is 0 Å². The van der Waals surface area contributed by atoms with Gasteiger partial charge in [0, 0.05) is 11.6 Å². The van der Waals surface area contributed by atoms with Crippen LogP contribution in [0.15, 0.2) is 42.5 Å². The maximum absolute atomic E-state index is 12.6. The summed E-state index contributed by atoms with van der Waals surface area (Å²) in [7, 11) is 0. The second-order valence-corrected chi connectivity index (χ2v) is 7.08. The first-order chi connectivity index (χ1) is 13.3. The molecule has 7 heteroatoms. The van der Waals surface area contributed by atoms with E-state index in [4.69, 9.17) is 4.74 Å². The third kappa shape index (κ3) is 5.55. The van der Waals surface area contributed by atoms with Gasteiger partial charge in [-0.1, -0.05) is 30.3 Å². The normalized spacial score (nSPS) is 20.0. The number of nitrogens with zero attached hydrogens (tertiary/aromatic N) is 1. The maximum atomic E-state index is 12.6. The van der Waals surface area contributed by atoms with E-state index in [1.54, 1.807) is 19.1 Å². The van der Waals surface area contributed by atoms with Crippen molar-refractivity contribution in [1.82, 2.24) is 10.3 Å². The number of ether oxygens (including phenoxy) is 1. The summed E-state index contributed by atoms with van der Waals surface area (Å²) >= 11 is 0. The molecule has 1 aliphatic rings. The van der Waals surface area contributed by atoms with Crippen molar-refractivity contribution in [2.75, 3.05) is 6.61 Å². The van der Waals surface area contributed by atoms with Gasteiger partial charge in [0.25, 0.3) is 5.91 Å². The lowest BCUT2D eigenvalue weighted by molar-refractivity contribution is -0.188. The van der Waals surface area contributed by atoms with Crippen LogP contribution in [0, 0.1) is 6.92 Å². The lowest BCUT2D eigenvalue weighted by atomic mass is 9.92. The number of rotatable bonds is 5. The first-order valence-electron chi connectivity index (χ1n) is 9.34. The third-order valence-electron chi connectivity index (χ3n) is 4.84. The molecular weight excluding hydrogens is 369 g/mol. The van der Waals surface area contributed by atoms with Crippen molar-refractivity contribution in [1.29, 1.82) is 0 Å². The Morgan fingerprint density at radius 1 is 1.18 bits per heavy atom. The lowest BCUT2D eigenvalue weighted by Crippen LogP contribution is -2.41. The molecule has 0 bridgehead atoms. The van der Waals surface area contributed by atoms with Crippen LogP contribution in [-0.4, -0.2) is 35.8 Å². The van der Waals surface area contributed by atoms with Crippen LogP contribution in [0.25, 0.3) is 11.3 Å². The highest BCUT2D eigenvalue weighted by atomic mass is 19.4. The smallest absolute Gasteiger partial charge is 0.369 e. The topological polar surface area (TPSA) is 51.2 Å². The summed E-state index contributed by atoms with van der Waals surface area (Å²) in [5.74, 6) is -0.258. The zero-order valence-electron chi connectivity index (χ0n) is 15.6. The zero-order chi connectivity index (χ0) is 20.1. The van der Waals surface area contributed by atoms with Gasteiger partial charge in [-0.3, -0.25) is 9.78 Å². The monoisotopic (exact) mass is 392 g/mol. The predicted octanol–water partition coefficient (Wildman–Crippen LogP) is 4.68. The number of hydrogen-bond acceptors (Lipinski definition) is 3. The van der Waals surface area contributed by atoms with Gasteiger partial charge in [0.05, 0.1) is 23.1 Å². The van der Waals surface area contributed by atoms with E-state index >= 15 is 0 Å². The summed E-state index contributed by atoms with van der Waals surface area (Å²) < 4.78 is 42.0. The molecule has 3 rings (SSSR count). The van der Waals surface area contributed by atoms with Crippen molar-refractivity contribution in [3.63, 3.8) is 0 Å². The van der Waals surface area contributed by atoms with Crippen LogP contribution in [0.4, 0.5) is 13.2 Å². The van der Waals surface area contributed by atoms with E-state index in [2.05, 4.69) is 10.3 Å². The third-order valence-corrected chi connectivity index (χ3v) is 4.84. The number of aromatic nitrogens is 1. The van der Waals surface area contributed by atoms with Gasteiger partial charge in [0.2, 0.25) is 0 Å². The first-order valence-corrected chi connectivity index (χ1v) is 9.34. The number of carbonyl (C=O) groups excluding carboxylic acids is 1. The molecule has 1 heterocycles. The number of amides is 1. The van der Waals surface area contributed by atoms with Gasteiger partial charge in [-0.05, 0) is 44.7 Å². The Morgan fingerprint density at radius 3 is 2.61 bits per heavy atom. The van der Waals surface area contributed by atoms with Gasteiger partial charge in [0.15, 0.2) is 0 Å². The van der Waals surface area contributed by atoms with E-state index in [0.717, 1.165) is 24.1 Å². The molecule has 4 nitrogen and oxygen atoms in total. The molecule has 1 aliphatic carbocycles. The number of aryl methyl sites for hydroxylation is 1. The highest BCUT2D eigenvalue weighted by Crippen LogP contribution is 2.25. The Balaban J connectivity index is 1.61. The van der Waals surface area contributed by atoms with Gasteiger partial charge < -0.3 is 10.1 Å². The lowest BCUT2D eigenvalue weighted by Gasteiger charge is -2.30. The van der Waals surface area contributed by atoms with Crippen LogP contribution in [0.2, 0.25) is 0 Å². The fraction of sp³-hybridized carbons (Fsp3) is 0.429. The second kappa shape index (κ2) is 8.73. The standard InChI is InChI=1S/C21H23F3N2O2/c1-14-18(10-11-19(25-14)15-6-3-2-4-7-15)20(27)26-16-8-5-9-17(12-16)28-13-21(22,23)24/h2-4,6-7,10-11,16-17H,5,8-9,12-13H2,1H3,(H,26,27)/t16-,17+/m0/s1. The molecule has 1 saturated carbocycles. The Bertz CT molecular complexity index is 809. The molecule has 1 N–H and O–H groups in total. The predicted molar refractivity (Wildman–Crippen MR) is 99.9 cm³/mol. The first kappa shape index (κ1) is 20.3. The molecule has 0 spiro atoms. The SMILES string of the molecule is Cc1nc(-c2ccccc2)ccc1C(=O)N[C@H]1CCC[C@@H](OCC(F)(F)F)C1. The van der Waals surface area contributed by atoms with E-state index in [-0.39, 0.29) is 11.9 Å². The van der Waals surface area contributed by atoms with Crippen LogP contribution in [0.3, 0.4) is 0 Å². The number of benzene rings is 1. The van der Waals surface area contributed by atoms with Gasteiger partial charge in [-0.25, -0.2) is 0 Å². The van der Waals surface area contributed by atoms with Crippen molar-refractivity contribution in [2.45, 2.75) is 50.9 Å². The van der Waals surface area contributed by atoms with Crippen LogP contribution in [0.5, 0.6) is 0 Å². The zero-order valence-corrected chi connectivity index (χ0v) is 15.6. The molecule has 0 saturated heterocycles. The minimum absolute atomic E-state index is 0.201. The summed E-state index contributed by atoms with van der Waals surface area (Å²) in [4.78, 5) is 17.2. The van der Waals surface area contributed by atoms with Crippen molar-refractivity contribution in [3.05, 3.63) is 53.7 Å². The fourth-order valence-corrected chi connectivity index (χ4v) is 3.47. The number of alkyl halides is 3. The van der Waals surface area contributed by atoms with Crippen LogP contribution in [0.1, 0.15) is 41.7 Å². The molecule has 0 radical (unpaired) electrons. The Labute approximate surface area is 162 Å². The summed E-state index contributed by atoms with van der Waals surface area (Å²) in [6.07, 6.45) is -2.41. The van der Waals surface area contributed by atoms with Crippen molar-refractivity contribution >= 4 is 5.91 Å². The summed E-state index contributed by atoms with van der Waals surface area (Å²) in [5.41, 5.74) is 2.83. The Kier molecular flexibility index (Phi) is 6.34. The van der Waals surface area contributed by atoms with Gasteiger partial charge in [-0.2, -0.15) is 13.2 Å². The number of carbonyl (C=O) groups is 1. The minimum Gasteiger partial charge on any atom is -0.369 e. The molecule has 150 valence electrons. The molecule has 2 atom stereocenters. The van der Waals surface area contributed by atoms with Crippen LogP contribution in [-0.2, 0) is 4.74 Å². The number of hydrogen-bond donors (Lipinski definition) is 1. The van der Waals surface area contributed by atoms with Gasteiger partial charge in [-0.15, -0.1) is 0 Å². The molecule has 28 heavy (non-hydrogen) atoms. The second-order valence-electron chi connectivity index (χ2n) is 7.08. The molecular formula is C21H23F3N2O2. The van der Waals surface area contributed by atoms with E-state index in [1.807, 2.05) is 30.3 Å². The van der Waals surface area contributed by atoms with E-state index in [9.17, 15) is 18.0 Å². The molecule has 1 fully saturated rings. The molecule has 2 aromatic rings. The fourth-order valence-electron chi connectivity index (χ4n) is 3.47. The summed E-state index contributed by atoms with van der Waals surface area (Å²) in [6.45, 7) is 0.528. The van der Waals surface area contributed by atoms with Gasteiger partial charge >= 0.3 is 6.18 Å². The quantitative estimate of drug-likeness (QED) is 0.804. The highest BCUT2D eigenvalue weighted by molar-refractivity contribution is 5.95. The Morgan fingerprint density at radius 2 is 1.93 bits per heavy atom. The molecule has 1 aromatic carbocycles. The van der Waals surface area contributed by atoms with Crippen molar-refractivity contribution < 1.29 is 22.7 Å². The summed E-state index contributed by atoms with van der Waals surface area (Å²) in [5, 5.41) is 2.92. The number of nitrogens with one attached hydrogen (secondary N) is 1. The van der Waals surface area contributed by atoms with E-state index in [0.29, 0.717) is 24.1 Å². The van der Waals surface area contributed by atoms with E-state index in [1.165, 1.54) is 0 Å². The number of pyridine rings is 1. The highest BCUT2D eigenvalue weighted by Gasteiger charge is 2.31. The summed E-state index contributed by atoms with van der Waals surface area (Å²) in [6, 6.07) is 13.0. The van der Waals surface area contributed by atoms with Gasteiger partial charge in [0.1, 0.15) is 6.61 Å². The van der Waals surface area contributed by atoms with Crippen molar-refractivity contribution in [3.8, 4) is 11.3 Å². The molecule has 0 unspecified atom stereocenters. The largest absolute Gasteiger partial charge is 0.411 e. The maximum Gasteiger partial charge on any atom is 0.411 e. The molecule has 0 aliphatic heterocycles. The molecule has 1 aromatic heterocycles. The molecule has 1 amide bonds. The van der Waals surface area contributed by atoms with Crippen LogP contribution < -0.4 is 5.32 Å². The number of halogens is 3. The average molecular weight is 392 g/mol. The Hall–Kier alpha value is -2.41.